The lowest BCUT2D eigenvalue weighted by molar-refractivity contribution is 0.182. The first-order chi connectivity index (χ1) is 8.50. The van der Waals surface area contributed by atoms with Crippen molar-refractivity contribution in [3.63, 3.8) is 0 Å². The molecule has 1 aliphatic carbocycles. The third-order valence-electron chi connectivity index (χ3n) is 3.63. The molecule has 0 radical (unpaired) electrons. The van der Waals surface area contributed by atoms with Crippen molar-refractivity contribution < 1.29 is 4.74 Å². The lowest BCUT2D eigenvalue weighted by atomic mass is 9.87. The lowest BCUT2D eigenvalue weighted by Crippen LogP contribution is -2.20. The highest BCUT2D eigenvalue weighted by Crippen LogP contribution is 2.30. The van der Waals surface area contributed by atoms with E-state index in [-0.39, 0.29) is 17.4 Å². The van der Waals surface area contributed by atoms with E-state index in [9.17, 15) is 0 Å². The van der Waals surface area contributed by atoms with Crippen molar-refractivity contribution in [1.29, 1.82) is 5.26 Å². The predicted octanol–water partition coefficient (Wildman–Crippen LogP) is 4.06. The van der Waals surface area contributed by atoms with Gasteiger partial charge in [0.1, 0.15) is 11.9 Å². The Morgan fingerprint density at radius 3 is 2.39 bits per heavy atom. The minimum absolute atomic E-state index is 0.0623. The summed E-state index contributed by atoms with van der Waals surface area (Å²) in [4.78, 5) is 0. The summed E-state index contributed by atoms with van der Waals surface area (Å²) in [5.74, 6) is 0.947. The second-order valence-electron chi connectivity index (χ2n) is 6.10. The number of nitriles is 1. The fourth-order valence-corrected chi connectivity index (χ4v) is 2.42. The number of benzene rings is 1. The molecule has 0 aliphatic heterocycles. The van der Waals surface area contributed by atoms with E-state index in [2.05, 4.69) is 39.0 Å². The van der Waals surface area contributed by atoms with Gasteiger partial charge in [-0.05, 0) is 42.4 Å². The summed E-state index contributed by atoms with van der Waals surface area (Å²) in [5, 5.41) is 9.04. The minimum atomic E-state index is 0.0623. The quantitative estimate of drug-likeness (QED) is 0.785. The second-order valence-corrected chi connectivity index (χ2v) is 6.10. The summed E-state index contributed by atoms with van der Waals surface area (Å²) in [6.45, 7) is 6.60. The van der Waals surface area contributed by atoms with E-state index in [1.807, 2.05) is 12.1 Å². The summed E-state index contributed by atoms with van der Waals surface area (Å²) >= 11 is 0. The zero-order valence-corrected chi connectivity index (χ0v) is 11.4. The summed E-state index contributed by atoms with van der Waals surface area (Å²) in [5.41, 5.74) is 1.47. The van der Waals surface area contributed by atoms with Crippen molar-refractivity contribution in [3.05, 3.63) is 29.8 Å². The maximum absolute atomic E-state index is 9.04. The maximum atomic E-state index is 9.04. The Hall–Kier alpha value is -1.49. The van der Waals surface area contributed by atoms with Gasteiger partial charge < -0.3 is 4.74 Å². The molecule has 0 N–H and O–H groups in total. The van der Waals surface area contributed by atoms with Crippen molar-refractivity contribution in [2.45, 2.75) is 51.6 Å². The molecule has 1 saturated carbocycles. The van der Waals surface area contributed by atoms with Crippen LogP contribution in [0.1, 0.15) is 45.6 Å². The van der Waals surface area contributed by atoms with Crippen LogP contribution in [0.25, 0.3) is 0 Å². The molecule has 2 nitrogen and oxygen atoms in total. The Kier molecular flexibility index (Phi) is 3.61. The fraction of sp³-hybridized carbons (Fsp3) is 0.562. The van der Waals surface area contributed by atoms with Gasteiger partial charge in [-0.25, -0.2) is 0 Å². The van der Waals surface area contributed by atoms with Gasteiger partial charge in [-0.1, -0.05) is 32.9 Å². The standard InChI is InChI=1S/C16H21NO/c1-16(2,3)13-7-9-14(10-8-13)18-15-6-4-5-12(15)11-17/h7-10,12,15H,4-6H2,1-3H3. The van der Waals surface area contributed by atoms with Gasteiger partial charge >= 0.3 is 0 Å². The number of ether oxygens (including phenoxy) is 1. The van der Waals surface area contributed by atoms with Crippen molar-refractivity contribution >= 4 is 0 Å². The van der Waals surface area contributed by atoms with E-state index in [4.69, 9.17) is 10.00 Å². The molecule has 1 aromatic rings. The van der Waals surface area contributed by atoms with E-state index >= 15 is 0 Å². The molecular weight excluding hydrogens is 222 g/mol. The van der Waals surface area contributed by atoms with Gasteiger partial charge in [-0.15, -0.1) is 0 Å². The first kappa shape index (κ1) is 13.0. The van der Waals surface area contributed by atoms with Gasteiger partial charge in [0, 0.05) is 0 Å². The zero-order chi connectivity index (χ0) is 13.2. The first-order valence-electron chi connectivity index (χ1n) is 6.67. The van der Waals surface area contributed by atoms with Gasteiger partial charge in [-0.3, -0.25) is 0 Å². The van der Waals surface area contributed by atoms with Crippen LogP contribution in [-0.2, 0) is 5.41 Å². The molecule has 2 rings (SSSR count). The number of hydrogen-bond donors (Lipinski definition) is 0. The van der Waals surface area contributed by atoms with Crippen molar-refractivity contribution in [1.82, 2.24) is 0 Å². The third kappa shape index (κ3) is 2.85. The molecule has 96 valence electrons. The van der Waals surface area contributed by atoms with Crippen LogP contribution in [0, 0.1) is 17.2 Å². The SMILES string of the molecule is CC(C)(C)c1ccc(OC2CCCC2C#N)cc1. The van der Waals surface area contributed by atoms with Crippen molar-refractivity contribution in [2.24, 2.45) is 5.92 Å². The monoisotopic (exact) mass is 243 g/mol. The topological polar surface area (TPSA) is 33.0 Å². The summed E-state index contributed by atoms with van der Waals surface area (Å²) in [7, 11) is 0. The largest absolute Gasteiger partial charge is 0.489 e. The Bertz CT molecular complexity index is 436. The van der Waals surface area contributed by atoms with Crippen molar-refractivity contribution in [2.75, 3.05) is 0 Å². The van der Waals surface area contributed by atoms with Crippen LogP contribution in [0.2, 0.25) is 0 Å². The molecule has 2 heteroatoms. The average molecular weight is 243 g/mol. The van der Waals surface area contributed by atoms with Gasteiger partial charge in [0.05, 0.1) is 12.0 Å². The van der Waals surface area contributed by atoms with Gasteiger partial charge in [0.25, 0.3) is 0 Å². The van der Waals surface area contributed by atoms with Crippen LogP contribution in [0.15, 0.2) is 24.3 Å². The van der Waals surface area contributed by atoms with Crippen molar-refractivity contribution in [3.8, 4) is 11.8 Å². The molecule has 0 heterocycles. The molecule has 0 amide bonds. The number of rotatable bonds is 2. The van der Waals surface area contributed by atoms with E-state index in [1.165, 1.54) is 5.56 Å². The minimum Gasteiger partial charge on any atom is -0.489 e. The number of hydrogen-bond acceptors (Lipinski definition) is 2. The first-order valence-corrected chi connectivity index (χ1v) is 6.67. The van der Waals surface area contributed by atoms with Gasteiger partial charge in [0.15, 0.2) is 0 Å². The highest BCUT2D eigenvalue weighted by atomic mass is 16.5. The molecule has 0 saturated heterocycles. The molecule has 2 unspecified atom stereocenters. The molecule has 2 atom stereocenters. The predicted molar refractivity (Wildman–Crippen MR) is 72.5 cm³/mol. The Balaban J connectivity index is 2.05. The second kappa shape index (κ2) is 5.02. The maximum Gasteiger partial charge on any atom is 0.119 e. The Morgan fingerprint density at radius 2 is 1.83 bits per heavy atom. The molecule has 1 aromatic carbocycles. The van der Waals surface area contributed by atoms with Crippen LogP contribution in [0.3, 0.4) is 0 Å². The van der Waals surface area contributed by atoms with E-state index in [0.717, 1.165) is 25.0 Å². The lowest BCUT2D eigenvalue weighted by Gasteiger charge is -2.20. The van der Waals surface area contributed by atoms with Crippen LogP contribution in [-0.4, -0.2) is 6.10 Å². The zero-order valence-electron chi connectivity index (χ0n) is 11.4. The molecule has 1 aliphatic rings. The fourth-order valence-electron chi connectivity index (χ4n) is 2.42. The molecule has 0 spiro atoms. The van der Waals surface area contributed by atoms with E-state index in [0.29, 0.717) is 0 Å². The van der Waals surface area contributed by atoms with Crippen LogP contribution < -0.4 is 4.74 Å². The normalized spacial score (nSPS) is 23.7. The molecule has 0 bridgehead atoms. The van der Waals surface area contributed by atoms with E-state index < -0.39 is 0 Å². The summed E-state index contributed by atoms with van der Waals surface area (Å²) < 4.78 is 5.92. The highest BCUT2D eigenvalue weighted by Gasteiger charge is 2.28. The average Bonchev–Trinajstić information content (AvgIpc) is 2.76. The Labute approximate surface area is 110 Å². The summed E-state index contributed by atoms with van der Waals surface area (Å²) in [6, 6.07) is 10.6. The number of nitrogens with zero attached hydrogens (tertiary/aromatic N) is 1. The third-order valence-corrected chi connectivity index (χ3v) is 3.63. The highest BCUT2D eigenvalue weighted by molar-refractivity contribution is 5.31. The molecule has 1 fully saturated rings. The summed E-state index contributed by atoms with van der Waals surface area (Å²) in [6.07, 6.45) is 3.15. The van der Waals surface area contributed by atoms with Gasteiger partial charge in [0.2, 0.25) is 0 Å². The smallest absolute Gasteiger partial charge is 0.119 e. The Morgan fingerprint density at radius 1 is 1.17 bits per heavy atom. The molecule has 18 heavy (non-hydrogen) atoms. The molecule has 0 aromatic heterocycles. The van der Waals surface area contributed by atoms with Crippen LogP contribution in [0.4, 0.5) is 0 Å². The van der Waals surface area contributed by atoms with E-state index in [1.54, 1.807) is 0 Å². The van der Waals surface area contributed by atoms with Crippen LogP contribution in [0.5, 0.6) is 5.75 Å². The molecular formula is C16H21NO. The van der Waals surface area contributed by atoms with Gasteiger partial charge in [-0.2, -0.15) is 5.26 Å². The van der Waals surface area contributed by atoms with Crippen LogP contribution >= 0.6 is 0 Å².